The maximum Gasteiger partial charge on any atom is 0.140 e. The van der Waals surface area contributed by atoms with E-state index in [2.05, 4.69) is 0 Å². The standard InChI is InChI=1S/C14H12ClFN2O/c15-11-6-1-2-7-12(11)19-8-9-4-3-5-10(13(9)16)14(17)18/h1-7H,8H2,(H3,17,18). The summed E-state index contributed by atoms with van der Waals surface area (Å²) in [6.07, 6.45) is 0. The van der Waals surface area contributed by atoms with Crippen molar-refractivity contribution < 1.29 is 9.13 Å². The predicted octanol–water partition coefficient (Wildman–Crippen LogP) is 3.34. The van der Waals surface area contributed by atoms with Gasteiger partial charge in [-0.1, -0.05) is 35.9 Å². The first-order chi connectivity index (χ1) is 9.09. The zero-order valence-corrected chi connectivity index (χ0v) is 10.7. The largest absolute Gasteiger partial charge is 0.487 e. The number of ether oxygens (including phenoxy) is 1. The second kappa shape index (κ2) is 5.71. The van der Waals surface area contributed by atoms with E-state index in [4.69, 9.17) is 27.5 Å². The molecule has 0 aliphatic rings. The number of benzene rings is 2. The van der Waals surface area contributed by atoms with E-state index in [1.54, 1.807) is 36.4 Å². The third-order valence-corrected chi connectivity index (χ3v) is 2.90. The highest BCUT2D eigenvalue weighted by atomic mass is 35.5. The van der Waals surface area contributed by atoms with Crippen LogP contribution in [-0.4, -0.2) is 5.84 Å². The second-order valence-electron chi connectivity index (χ2n) is 3.91. The highest BCUT2D eigenvalue weighted by Gasteiger charge is 2.11. The fourth-order valence-electron chi connectivity index (χ4n) is 1.62. The fourth-order valence-corrected chi connectivity index (χ4v) is 1.81. The molecular weight excluding hydrogens is 267 g/mol. The van der Waals surface area contributed by atoms with E-state index in [1.165, 1.54) is 6.07 Å². The molecule has 0 fully saturated rings. The summed E-state index contributed by atoms with van der Waals surface area (Å²) in [5.74, 6) is -0.365. The minimum atomic E-state index is -0.540. The lowest BCUT2D eigenvalue weighted by atomic mass is 10.1. The van der Waals surface area contributed by atoms with E-state index >= 15 is 0 Å². The smallest absolute Gasteiger partial charge is 0.140 e. The van der Waals surface area contributed by atoms with Crippen molar-refractivity contribution in [3.63, 3.8) is 0 Å². The van der Waals surface area contributed by atoms with Gasteiger partial charge in [0.1, 0.15) is 24.0 Å². The van der Waals surface area contributed by atoms with Crippen LogP contribution in [0.4, 0.5) is 4.39 Å². The average Bonchev–Trinajstić information content (AvgIpc) is 2.39. The molecule has 5 heteroatoms. The van der Waals surface area contributed by atoms with Crippen LogP contribution in [0, 0.1) is 11.2 Å². The topological polar surface area (TPSA) is 59.1 Å². The monoisotopic (exact) mass is 278 g/mol. The normalized spacial score (nSPS) is 10.2. The molecule has 98 valence electrons. The predicted molar refractivity (Wildman–Crippen MR) is 73.2 cm³/mol. The van der Waals surface area contributed by atoms with Crippen LogP contribution >= 0.6 is 11.6 Å². The molecule has 3 nitrogen and oxygen atoms in total. The zero-order valence-electron chi connectivity index (χ0n) is 9.99. The highest BCUT2D eigenvalue weighted by Crippen LogP contribution is 2.24. The van der Waals surface area contributed by atoms with Crippen molar-refractivity contribution in [3.05, 3.63) is 64.4 Å². The number of hydrogen-bond acceptors (Lipinski definition) is 2. The summed E-state index contributed by atoms with van der Waals surface area (Å²) in [5, 5.41) is 7.74. The van der Waals surface area contributed by atoms with Crippen molar-refractivity contribution in [2.24, 2.45) is 5.73 Å². The number of amidine groups is 1. The fraction of sp³-hybridized carbons (Fsp3) is 0.0714. The molecule has 0 aliphatic heterocycles. The summed E-state index contributed by atoms with van der Waals surface area (Å²) >= 11 is 5.94. The molecule has 0 radical (unpaired) electrons. The minimum Gasteiger partial charge on any atom is -0.487 e. The molecule has 0 bridgehead atoms. The van der Waals surface area contributed by atoms with Gasteiger partial charge in [0.2, 0.25) is 0 Å². The first kappa shape index (κ1) is 13.4. The Hall–Kier alpha value is -2.07. The molecule has 0 amide bonds. The molecular formula is C14H12ClFN2O. The molecule has 0 atom stereocenters. The van der Waals surface area contributed by atoms with Crippen LogP contribution in [0.5, 0.6) is 5.75 Å². The van der Waals surface area contributed by atoms with E-state index in [-0.39, 0.29) is 18.0 Å². The van der Waals surface area contributed by atoms with E-state index in [0.29, 0.717) is 16.3 Å². The van der Waals surface area contributed by atoms with Crippen molar-refractivity contribution in [1.82, 2.24) is 0 Å². The van der Waals surface area contributed by atoms with Gasteiger partial charge in [-0.2, -0.15) is 0 Å². The Morgan fingerprint density at radius 3 is 2.63 bits per heavy atom. The van der Waals surface area contributed by atoms with E-state index in [0.717, 1.165) is 0 Å². The van der Waals surface area contributed by atoms with Gasteiger partial charge in [-0.15, -0.1) is 0 Å². The van der Waals surface area contributed by atoms with Crippen LogP contribution in [0.2, 0.25) is 5.02 Å². The number of para-hydroxylation sites is 1. The number of nitrogens with one attached hydrogen (secondary N) is 1. The minimum absolute atomic E-state index is 0.0245. The number of rotatable bonds is 4. The molecule has 2 rings (SSSR count). The summed E-state index contributed by atoms with van der Waals surface area (Å²) in [7, 11) is 0. The maximum atomic E-state index is 14.0. The Labute approximate surface area is 115 Å². The van der Waals surface area contributed by atoms with Gasteiger partial charge in [-0.05, 0) is 18.2 Å². The number of hydrogen-bond donors (Lipinski definition) is 2. The van der Waals surface area contributed by atoms with Crippen molar-refractivity contribution in [2.45, 2.75) is 6.61 Å². The van der Waals surface area contributed by atoms with Crippen LogP contribution in [0.15, 0.2) is 42.5 Å². The summed E-state index contributed by atoms with van der Waals surface area (Å²) in [5.41, 5.74) is 5.69. The van der Waals surface area contributed by atoms with Crippen molar-refractivity contribution in [3.8, 4) is 5.75 Å². The van der Waals surface area contributed by atoms with Crippen molar-refractivity contribution in [1.29, 1.82) is 5.41 Å². The molecule has 3 N–H and O–H groups in total. The van der Waals surface area contributed by atoms with Crippen molar-refractivity contribution in [2.75, 3.05) is 0 Å². The van der Waals surface area contributed by atoms with Crippen molar-refractivity contribution >= 4 is 17.4 Å². The van der Waals surface area contributed by atoms with Gasteiger partial charge in [-0.25, -0.2) is 4.39 Å². The van der Waals surface area contributed by atoms with E-state index < -0.39 is 5.82 Å². The van der Waals surface area contributed by atoms with Crippen LogP contribution in [-0.2, 0) is 6.61 Å². The molecule has 0 spiro atoms. The highest BCUT2D eigenvalue weighted by molar-refractivity contribution is 6.32. The van der Waals surface area contributed by atoms with Gasteiger partial charge >= 0.3 is 0 Å². The molecule has 0 aliphatic carbocycles. The summed E-state index contributed by atoms with van der Waals surface area (Å²) in [6, 6.07) is 11.6. The molecule has 0 saturated carbocycles. The van der Waals surface area contributed by atoms with Crippen LogP contribution in [0.25, 0.3) is 0 Å². The summed E-state index contributed by atoms with van der Waals surface area (Å²) in [4.78, 5) is 0. The Morgan fingerprint density at radius 2 is 1.95 bits per heavy atom. The number of nitrogens with two attached hydrogens (primary N) is 1. The van der Waals surface area contributed by atoms with Gasteiger partial charge in [-0.3, -0.25) is 5.41 Å². The Morgan fingerprint density at radius 1 is 1.21 bits per heavy atom. The molecule has 2 aromatic carbocycles. The summed E-state index contributed by atoms with van der Waals surface area (Å²) < 4.78 is 19.4. The van der Waals surface area contributed by atoms with Gasteiger partial charge in [0, 0.05) is 5.56 Å². The van der Waals surface area contributed by atoms with E-state index in [9.17, 15) is 4.39 Å². The number of halogens is 2. The molecule has 0 unspecified atom stereocenters. The van der Waals surface area contributed by atoms with E-state index in [1.807, 2.05) is 0 Å². The van der Waals surface area contributed by atoms with Gasteiger partial charge in [0.25, 0.3) is 0 Å². The Bertz CT molecular complexity index is 616. The second-order valence-corrected chi connectivity index (χ2v) is 4.32. The first-order valence-electron chi connectivity index (χ1n) is 5.58. The third kappa shape index (κ3) is 3.03. The van der Waals surface area contributed by atoms with Gasteiger partial charge < -0.3 is 10.5 Å². The third-order valence-electron chi connectivity index (χ3n) is 2.59. The zero-order chi connectivity index (χ0) is 13.8. The molecule has 19 heavy (non-hydrogen) atoms. The average molecular weight is 279 g/mol. The number of nitrogen functional groups attached to an aromatic ring is 1. The maximum absolute atomic E-state index is 14.0. The first-order valence-corrected chi connectivity index (χ1v) is 5.96. The Balaban J connectivity index is 2.19. The Kier molecular flexibility index (Phi) is 4.02. The van der Waals surface area contributed by atoms with Gasteiger partial charge in [0.05, 0.1) is 10.6 Å². The molecule has 0 saturated heterocycles. The van der Waals surface area contributed by atoms with Crippen LogP contribution in [0.1, 0.15) is 11.1 Å². The lowest BCUT2D eigenvalue weighted by Crippen LogP contribution is -2.14. The molecule has 2 aromatic rings. The molecule has 0 heterocycles. The van der Waals surface area contributed by atoms with Crippen LogP contribution < -0.4 is 10.5 Å². The lowest BCUT2D eigenvalue weighted by molar-refractivity contribution is 0.300. The van der Waals surface area contributed by atoms with Crippen LogP contribution in [0.3, 0.4) is 0 Å². The quantitative estimate of drug-likeness (QED) is 0.666. The molecule has 0 aromatic heterocycles. The summed E-state index contributed by atoms with van der Waals surface area (Å²) in [6.45, 7) is 0.0245. The van der Waals surface area contributed by atoms with Gasteiger partial charge in [0.15, 0.2) is 0 Å². The SMILES string of the molecule is N=C(N)c1cccc(COc2ccccc2Cl)c1F. The lowest BCUT2D eigenvalue weighted by Gasteiger charge is -2.10.